The fraction of sp³-hybridized carbons (Fsp3) is 0.800. The number of amides is 1. The molecule has 1 aromatic heterocycles. The molecule has 1 amide bonds. The maximum absolute atomic E-state index is 12.3. The highest BCUT2D eigenvalue weighted by molar-refractivity contribution is 5.79. The van der Waals surface area contributed by atoms with E-state index in [4.69, 9.17) is 10.3 Å². The fourth-order valence-electron chi connectivity index (χ4n) is 2.57. The molecular formula is C15H26N4O2. The number of hydrogen-bond acceptors (Lipinski definition) is 5. The molecule has 1 saturated carbocycles. The van der Waals surface area contributed by atoms with Crippen LogP contribution in [0.5, 0.6) is 0 Å². The summed E-state index contributed by atoms with van der Waals surface area (Å²) in [4.78, 5) is 16.7. The van der Waals surface area contributed by atoms with Crippen LogP contribution in [-0.4, -0.2) is 22.1 Å². The van der Waals surface area contributed by atoms with Gasteiger partial charge in [-0.05, 0) is 26.2 Å². The van der Waals surface area contributed by atoms with E-state index in [9.17, 15) is 4.79 Å². The van der Waals surface area contributed by atoms with Crippen LogP contribution in [0.15, 0.2) is 4.52 Å². The van der Waals surface area contributed by atoms with Crippen molar-refractivity contribution in [2.24, 2.45) is 11.7 Å². The number of rotatable bonds is 3. The highest BCUT2D eigenvalue weighted by atomic mass is 16.5. The molecule has 0 bridgehead atoms. The lowest BCUT2D eigenvalue weighted by molar-refractivity contribution is -0.126. The lowest BCUT2D eigenvalue weighted by Crippen LogP contribution is -2.38. The van der Waals surface area contributed by atoms with E-state index in [1.54, 1.807) is 0 Å². The summed E-state index contributed by atoms with van der Waals surface area (Å²) in [6.07, 6.45) is 3.69. The predicted octanol–water partition coefficient (Wildman–Crippen LogP) is 2.06. The van der Waals surface area contributed by atoms with Crippen molar-refractivity contribution >= 4 is 5.91 Å². The summed E-state index contributed by atoms with van der Waals surface area (Å²) in [5, 5.41) is 6.94. The Hall–Kier alpha value is -1.43. The Morgan fingerprint density at radius 3 is 2.71 bits per heavy atom. The van der Waals surface area contributed by atoms with Crippen LogP contribution in [0.2, 0.25) is 0 Å². The first-order valence-corrected chi connectivity index (χ1v) is 7.67. The molecular weight excluding hydrogens is 268 g/mol. The second kappa shape index (κ2) is 6.13. The quantitative estimate of drug-likeness (QED) is 0.890. The number of hydrogen-bond donors (Lipinski definition) is 2. The zero-order valence-electron chi connectivity index (χ0n) is 13.3. The number of carbonyl (C=O) groups is 1. The smallest absolute Gasteiger partial charge is 0.248 e. The Bertz CT molecular complexity index is 492. The molecule has 3 N–H and O–H groups in total. The maximum Gasteiger partial charge on any atom is 0.248 e. The van der Waals surface area contributed by atoms with Crippen LogP contribution in [-0.2, 0) is 10.2 Å². The Balaban J connectivity index is 1.96. The minimum atomic E-state index is -0.278. The van der Waals surface area contributed by atoms with Gasteiger partial charge in [-0.15, -0.1) is 0 Å². The summed E-state index contributed by atoms with van der Waals surface area (Å²) in [5.41, 5.74) is 5.77. The van der Waals surface area contributed by atoms with E-state index in [-0.39, 0.29) is 29.3 Å². The topological polar surface area (TPSA) is 94.0 Å². The molecule has 1 heterocycles. The van der Waals surface area contributed by atoms with Crippen LogP contribution in [0, 0.1) is 5.92 Å². The summed E-state index contributed by atoms with van der Waals surface area (Å²) in [5.74, 6) is 1.14. The van der Waals surface area contributed by atoms with Gasteiger partial charge < -0.3 is 15.6 Å². The van der Waals surface area contributed by atoms with Crippen LogP contribution < -0.4 is 11.1 Å². The van der Waals surface area contributed by atoms with Crippen LogP contribution in [0.1, 0.15) is 71.1 Å². The number of nitrogens with two attached hydrogens (primary N) is 1. The number of carbonyl (C=O) groups excluding carboxylic acids is 1. The highest BCUT2D eigenvalue weighted by Crippen LogP contribution is 2.25. The Kier molecular flexibility index (Phi) is 4.66. The first kappa shape index (κ1) is 15.9. The molecule has 0 saturated heterocycles. The summed E-state index contributed by atoms with van der Waals surface area (Å²) < 4.78 is 5.26. The van der Waals surface area contributed by atoms with Gasteiger partial charge in [0.2, 0.25) is 11.8 Å². The molecule has 1 aromatic rings. The molecule has 0 aromatic carbocycles. The monoisotopic (exact) mass is 294 g/mol. The van der Waals surface area contributed by atoms with Gasteiger partial charge in [-0.3, -0.25) is 4.79 Å². The molecule has 0 radical (unpaired) electrons. The molecule has 1 aliphatic carbocycles. The third-order valence-electron chi connectivity index (χ3n) is 3.93. The van der Waals surface area contributed by atoms with E-state index in [0.717, 1.165) is 25.7 Å². The predicted molar refractivity (Wildman–Crippen MR) is 79.5 cm³/mol. The maximum atomic E-state index is 12.3. The van der Waals surface area contributed by atoms with Crippen molar-refractivity contribution in [3.8, 4) is 0 Å². The number of nitrogens with one attached hydrogen (secondary N) is 1. The first-order chi connectivity index (χ1) is 9.77. The summed E-state index contributed by atoms with van der Waals surface area (Å²) in [7, 11) is 0. The normalized spacial score (nSPS) is 24.6. The zero-order chi connectivity index (χ0) is 15.6. The summed E-state index contributed by atoms with van der Waals surface area (Å²) >= 11 is 0. The third kappa shape index (κ3) is 4.03. The second-order valence-corrected chi connectivity index (χ2v) is 7.06. The van der Waals surface area contributed by atoms with Crippen molar-refractivity contribution in [2.75, 3.05) is 0 Å². The van der Waals surface area contributed by atoms with E-state index < -0.39 is 0 Å². The lowest BCUT2D eigenvalue weighted by Gasteiger charge is -2.26. The summed E-state index contributed by atoms with van der Waals surface area (Å²) in [6, 6.07) is -0.139. The van der Waals surface area contributed by atoms with E-state index in [1.807, 2.05) is 27.7 Å². The number of nitrogens with zero attached hydrogens (tertiary/aromatic N) is 2. The average Bonchev–Trinajstić information content (AvgIpc) is 2.88. The van der Waals surface area contributed by atoms with Crippen LogP contribution in [0.25, 0.3) is 0 Å². The highest BCUT2D eigenvalue weighted by Gasteiger charge is 2.28. The van der Waals surface area contributed by atoms with Gasteiger partial charge in [-0.25, -0.2) is 0 Å². The van der Waals surface area contributed by atoms with E-state index in [1.165, 1.54) is 0 Å². The van der Waals surface area contributed by atoms with Gasteiger partial charge in [0, 0.05) is 17.4 Å². The van der Waals surface area contributed by atoms with Crippen LogP contribution in [0.4, 0.5) is 0 Å². The van der Waals surface area contributed by atoms with Crippen molar-refractivity contribution in [1.82, 2.24) is 15.5 Å². The average molecular weight is 294 g/mol. The van der Waals surface area contributed by atoms with Gasteiger partial charge in [0.25, 0.3) is 0 Å². The Labute approximate surface area is 125 Å². The molecule has 3 unspecified atom stereocenters. The molecule has 3 atom stereocenters. The van der Waals surface area contributed by atoms with Crippen molar-refractivity contribution in [2.45, 2.75) is 70.9 Å². The van der Waals surface area contributed by atoms with Crippen LogP contribution >= 0.6 is 0 Å². The largest absolute Gasteiger partial charge is 0.344 e. The molecule has 21 heavy (non-hydrogen) atoms. The molecule has 1 aliphatic rings. The minimum absolute atomic E-state index is 0.00112. The molecule has 6 heteroatoms. The van der Waals surface area contributed by atoms with E-state index in [2.05, 4.69) is 15.5 Å². The van der Waals surface area contributed by atoms with Gasteiger partial charge in [0.1, 0.15) is 6.04 Å². The Morgan fingerprint density at radius 2 is 2.14 bits per heavy atom. The Morgan fingerprint density at radius 1 is 1.43 bits per heavy atom. The van der Waals surface area contributed by atoms with E-state index >= 15 is 0 Å². The summed E-state index contributed by atoms with van der Waals surface area (Å²) in [6.45, 7) is 7.93. The molecule has 0 spiro atoms. The molecule has 6 nitrogen and oxygen atoms in total. The minimum Gasteiger partial charge on any atom is -0.344 e. The van der Waals surface area contributed by atoms with Gasteiger partial charge in [0.05, 0.1) is 0 Å². The fourth-order valence-corrected chi connectivity index (χ4v) is 2.57. The van der Waals surface area contributed by atoms with Gasteiger partial charge >= 0.3 is 0 Å². The van der Waals surface area contributed by atoms with Crippen molar-refractivity contribution in [3.63, 3.8) is 0 Å². The van der Waals surface area contributed by atoms with Crippen molar-refractivity contribution in [3.05, 3.63) is 11.7 Å². The number of aromatic nitrogens is 2. The zero-order valence-corrected chi connectivity index (χ0v) is 13.3. The first-order valence-electron chi connectivity index (χ1n) is 7.67. The van der Waals surface area contributed by atoms with E-state index in [0.29, 0.717) is 11.7 Å². The molecule has 118 valence electrons. The lowest BCUT2D eigenvalue weighted by atomic mass is 9.85. The van der Waals surface area contributed by atoms with Crippen molar-refractivity contribution < 1.29 is 9.32 Å². The van der Waals surface area contributed by atoms with Crippen molar-refractivity contribution in [1.29, 1.82) is 0 Å². The molecule has 1 fully saturated rings. The third-order valence-corrected chi connectivity index (χ3v) is 3.93. The standard InChI is InChI=1S/C15H26N4O2/c1-9(13-18-14(19-21-13)15(2,3)4)17-12(20)10-6-5-7-11(16)8-10/h9-11H,5-8,16H2,1-4H3,(H,17,20). The van der Waals surface area contributed by atoms with Gasteiger partial charge in [0.15, 0.2) is 5.82 Å². The molecule has 0 aliphatic heterocycles. The van der Waals surface area contributed by atoms with Gasteiger partial charge in [-0.2, -0.15) is 4.98 Å². The van der Waals surface area contributed by atoms with Gasteiger partial charge in [-0.1, -0.05) is 32.3 Å². The molecule has 2 rings (SSSR count). The van der Waals surface area contributed by atoms with Crippen LogP contribution in [0.3, 0.4) is 0 Å². The SMILES string of the molecule is CC(NC(=O)C1CCCC(N)C1)c1nc(C(C)(C)C)no1. The second-order valence-electron chi connectivity index (χ2n) is 7.06.